The Kier molecular flexibility index (Phi) is 5.64. The molecule has 1 aromatic heterocycles. The van der Waals surface area contributed by atoms with Crippen LogP contribution in [0.4, 0.5) is 4.39 Å². The van der Waals surface area contributed by atoms with E-state index in [1.54, 1.807) is 6.07 Å². The van der Waals surface area contributed by atoms with Crippen molar-refractivity contribution in [2.24, 2.45) is 0 Å². The molecule has 0 aliphatic rings. The molecule has 2 aromatic rings. The van der Waals surface area contributed by atoms with Gasteiger partial charge < -0.3 is 4.74 Å². The minimum atomic E-state index is -1.02. The summed E-state index contributed by atoms with van der Waals surface area (Å²) < 4.78 is 18.7. The van der Waals surface area contributed by atoms with E-state index in [0.717, 1.165) is 11.3 Å². The van der Waals surface area contributed by atoms with Crippen molar-refractivity contribution in [1.82, 2.24) is 10.9 Å². The van der Waals surface area contributed by atoms with Crippen LogP contribution in [0.2, 0.25) is 0 Å². The largest absolute Gasteiger partial charge is 0.478 e. The van der Waals surface area contributed by atoms with E-state index >= 15 is 0 Å². The van der Waals surface area contributed by atoms with Crippen LogP contribution >= 0.6 is 11.3 Å². The van der Waals surface area contributed by atoms with E-state index in [-0.39, 0.29) is 16.4 Å². The number of rotatable bonds is 5. The molecule has 1 unspecified atom stereocenters. The number of benzene rings is 1. The number of hydrogen-bond donors (Lipinski definition) is 2. The molecule has 0 spiro atoms. The molecule has 8 heteroatoms. The fourth-order valence-electron chi connectivity index (χ4n) is 1.72. The lowest BCUT2D eigenvalue weighted by Crippen LogP contribution is -2.47. The summed E-state index contributed by atoms with van der Waals surface area (Å²) in [7, 11) is 0. The Balaban J connectivity index is 1.88. The van der Waals surface area contributed by atoms with Crippen molar-refractivity contribution < 1.29 is 23.5 Å². The van der Waals surface area contributed by atoms with E-state index in [1.165, 1.54) is 44.2 Å². The molecule has 1 aromatic carbocycles. The topological polar surface area (TPSA) is 84.5 Å². The van der Waals surface area contributed by atoms with Crippen LogP contribution in [0.25, 0.3) is 0 Å². The van der Waals surface area contributed by atoms with E-state index in [1.807, 2.05) is 0 Å². The lowest BCUT2D eigenvalue weighted by Gasteiger charge is -2.15. The van der Waals surface area contributed by atoms with E-state index in [9.17, 15) is 18.8 Å². The van der Waals surface area contributed by atoms with Gasteiger partial charge in [-0.05, 0) is 38.1 Å². The van der Waals surface area contributed by atoms with Gasteiger partial charge in [0.25, 0.3) is 11.8 Å². The summed E-state index contributed by atoms with van der Waals surface area (Å²) in [4.78, 5) is 35.7. The van der Waals surface area contributed by atoms with Gasteiger partial charge in [-0.3, -0.25) is 25.2 Å². The van der Waals surface area contributed by atoms with Gasteiger partial charge in [0.2, 0.25) is 0 Å². The van der Waals surface area contributed by atoms with Gasteiger partial charge in [-0.25, -0.2) is 4.39 Å². The van der Waals surface area contributed by atoms with Gasteiger partial charge in [0.05, 0.1) is 9.75 Å². The third kappa shape index (κ3) is 4.39. The van der Waals surface area contributed by atoms with Crippen LogP contribution < -0.4 is 15.6 Å². The Morgan fingerprint density at radius 1 is 1.08 bits per heavy atom. The van der Waals surface area contributed by atoms with Crippen molar-refractivity contribution >= 4 is 28.9 Å². The van der Waals surface area contributed by atoms with Crippen LogP contribution in [-0.2, 0) is 4.79 Å². The van der Waals surface area contributed by atoms with Crippen molar-refractivity contribution in [3.05, 3.63) is 52.0 Å². The predicted molar refractivity (Wildman–Crippen MR) is 86.4 cm³/mol. The maximum atomic E-state index is 13.5. The molecule has 2 rings (SSSR count). The number of para-hydroxylation sites is 1. The molecule has 0 radical (unpaired) electrons. The summed E-state index contributed by atoms with van der Waals surface area (Å²) in [5.74, 6) is -1.99. The highest BCUT2D eigenvalue weighted by atomic mass is 32.1. The number of hydrogen-bond acceptors (Lipinski definition) is 5. The first-order valence-corrected chi connectivity index (χ1v) is 7.82. The van der Waals surface area contributed by atoms with Crippen molar-refractivity contribution in [3.63, 3.8) is 0 Å². The van der Waals surface area contributed by atoms with Crippen molar-refractivity contribution in [1.29, 1.82) is 0 Å². The van der Waals surface area contributed by atoms with Gasteiger partial charge in [-0.15, -0.1) is 11.3 Å². The number of amides is 2. The fraction of sp³-hybridized carbons (Fsp3) is 0.188. The van der Waals surface area contributed by atoms with Crippen LogP contribution in [-0.4, -0.2) is 23.7 Å². The van der Waals surface area contributed by atoms with Gasteiger partial charge in [0.1, 0.15) is 0 Å². The highest BCUT2D eigenvalue weighted by Gasteiger charge is 2.18. The number of ketones is 1. The summed E-state index contributed by atoms with van der Waals surface area (Å²) in [5.41, 5.74) is 4.41. The molecule has 2 amide bonds. The van der Waals surface area contributed by atoms with Gasteiger partial charge in [0, 0.05) is 0 Å². The smallest absolute Gasteiger partial charge is 0.279 e. The molecule has 0 saturated heterocycles. The minimum absolute atomic E-state index is 0.0594. The highest BCUT2D eigenvalue weighted by molar-refractivity contribution is 7.15. The zero-order valence-electron chi connectivity index (χ0n) is 13.0. The van der Waals surface area contributed by atoms with Crippen LogP contribution in [0.3, 0.4) is 0 Å². The van der Waals surface area contributed by atoms with Gasteiger partial charge in [-0.1, -0.05) is 12.1 Å². The molecule has 126 valence electrons. The zero-order valence-corrected chi connectivity index (χ0v) is 13.8. The molecule has 24 heavy (non-hydrogen) atoms. The standard InChI is InChI=1S/C16H15FN2O4S/c1-9(20)13-7-8-14(24-13)16(22)19-18-15(21)10(2)23-12-6-4-3-5-11(12)17/h3-8,10H,1-2H3,(H,18,21)(H,19,22). The number of hydrazine groups is 1. The first-order valence-electron chi connectivity index (χ1n) is 7.00. The van der Waals surface area contributed by atoms with E-state index in [2.05, 4.69) is 10.9 Å². The lowest BCUT2D eigenvalue weighted by atomic mass is 10.3. The number of nitrogens with one attached hydrogen (secondary N) is 2. The van der Waals surface area contributed by atoms with E-state index in [4.69, 9.17) is 4.74 Å². The van der Waals surface area contributed by atoms with Crippen LogP contribution in [0.15, 0.2) is 36.4 Å². The second-order valence-corrected chi connectivity index (χ2v) is 5.94. The quantitative estimate of drug-likeness (QED) is 0.640. The number of carbonyl (C=O) groups is 3. The van der Waals surface area contributed by atoms with Gasteiger partial charge in [0.15, 0.2) is 23.5 Å². The Bertz CT molecular complexity index is 775. The fourth-order valence-corrected chi connectivity index (χ4v) is 2.51. The maximum Gasteiger partial charge on any atom is 0.279 e. The SMILES string of the molecule is CC(=O)c1ccc(C(=O)NNC(=O)C(C)Oc2ccccc2F)s1. The van der Waals surface area contributed by atoms with Crippen LogP contribution in [0, 0.1) is 5.82 Å². The summed E-state index contributed by atoms with van der Waals surface area (Å²) in [6, 6.07) is 8.71. The summed E-state index contributed by atoms with van der Waals surface area (Å²) >= 11 is 1.02. The maximum absolute atomic E-state index is 13.5. The number of ether oxygens (including phenoxy) is 1. The normalized spacial score (nSPS) is 11.5. The number of Topliss-reactive ketones (excluding diaryl/α,β-unsaturated/α-hetero) is 1. The zero-order chi connectivity index (χ0) is 17.7. The molecule has 0 fully saturated rings. The van der Waals surface area contributed by atoms with E-state index < -0.39 is 23.7 Å². The lowest BCUT2D eigenvalue weighted by molar-refractivity contribution is -0.128. The predicted octanol–water partition coefficient (Wildman–Crippen LogP) is 2.32. The van der Waals surface area contributed by atoms with Crippen molar-refractivity contribution in [3.8, 4) is 5.75 Å². The molecule has 0 aliphatic heterocycles. The third-order valence-electron chi connectivity index (χ3n) is 2.99. The molecular formula is C16H15FN2O4S. The van der Waals surface area contributed by atoms with E-state index in [0.29, 0.717) is 4.88 Å². The molecule has 1 atom stereocenters. The molecule has 1 heterocycles. The Morgan fingerprint density at radius 2 is 1.75 bits per heavy atom. The molecule has 0 bridgehead atoms. The Labute approximate surface area is 141 Å². The Hall–Kier alpha value is -2.74. The molecule has 2 N–H and O–H groups in total. The van der Waals surface area contributed by atoms with Gasteiger partial charge in [-0.2, -0.15) is 0 Å². The summed E-state index contributed by atoms with van der Waals surface area (Å²) in [6.07, 6.45) is -1.02. The second-order valence-electron chi connectivity index (χ2n) is 4.85. The highest BCUT2D eigenvalue weighted by Crippen LogP contribution is 2.17. The molecule has 0 aliphatic carbocycles. The monoisotopic (exact) mass is 350 g/mol. The average molecular weight is 350 g/mol. The summed E-state index contributed by atoms with van der Waals surface area (Å²) in [5, 5.41) is 0. The minimum Gasteiger partial charge on any atom is -0.478 e. The van der Waals surface area contributed by atoms with Crippen molar-refractivity contribution in [2.45, 2.75) is 20.0 Å². The second kappa shape index (κ2) is 7.69. The Morgan fingerprint density at radius 3 is 2.38 bits per heavy atom. The summed E-state index contributed by atoms with van der Waals surface area (Å²) in [6.45, 7) is 2.82. The molecule has 0 saturated carbocycles. The number of thiophene rings is 1. The first kappa shape index (κ1) is 17.6. The molecule has 6 nitrogen and oxygen atoms in total. The molecular weight excluding hydrogens is 335 g/mol. The average Bonchev–Trinajstić information content (AvgIpc) is 3.04. The van der Waals surface area contributed by atoms with Gasteiger partial charge >= 0.3 is 0 Å². The number of halogens is 1. The van der Waals surface area contributed by atoms with Crippen molar-refractivity contribution in [2.75, 3.05) is 0 Å². The number of carbonyl (C=O) groups excluding carboxylic acids is 3. The third-order valence-corrected chi connectivity index (χ3v) is 4.17. The first-order chi connectivity index (χ1) is 11.4. The van der Waals surface area contributed by atoms with Crippen LogP contribution in [0.5, 0.6) is 5.75 Å². The van der Waals surface area contributed by atoms with Crippen LogP contribution in [0.1, 0.15) is 33.2 Å².